The summed E-state index contributed by atoms with van der Waals surface area (Å²) >= 11 is 0. The molecule has 5 heteroatoms. The van der Waals surface area contributed by atoms with Crippen molar-refractivity contribution in [2.24, 2.45) is 0 Å². The maximum Gasteiger partial charge on any atom is 0.246 e. The first-order valence-corrected chi connectivity index (χ1v) is 5.30. The third-order valence-corrected chi connectivity index (χ3v) is 2.21. The van der Waals surface area contributed by atoms with Crippen LogP contribution in [0.25, 0.3) is 0 Å². The lowest BCUT2D eigenvalue weighted by atomic mass is 10.1. The molecule has 0 aromatic carbocycles. The van der Waals surface area contributed by atoms with Crippen molar-refractivity contribution >= 4 is 18.3 Å². The summed E-state index contributed by atoms with van der Waals surface area (Å²) in [6.07, 6.45) is 2.32. The molecular formula is C10H21ClN2O2. The van der Waals surface area contributed by atoms with Crippen LogP contribution in [0.15, 0.2) is 0 Å². The van der Waals surface area contributed by atoms with E-state index in [4.69, 9.17) is 4.74 Å². The van der Waals surface area contributed by atoms with Gasteiger partial charge in [-0.1, -0.05) is 0 Å². The highest BCUT2D eigenvalue weighted by molar-refractivity contribution is 5.85. The fourth-order valence-electron chi connectivity index (χ4n) is 1.49. The second-order valence-electron chi connectivity index (χ2n) is 3.97. The van der Waals surface area contributed by atoms with E-state index in [9.17, 15) is 4.79 Å². The average Bonchev–Trinajstić information content (AvgIpc) is 2.16. The number of hydrogen-bond acceptors (Lipinski definition) is 3. The number of carbonyl (C=O) groups is 1. The SMILES string of the molecule is CC(C)OCC(=O)N[C@@H]1CCCNC1.Cl. The van der Waals surface area contributed by atoms with Crippen molar-refractivity contribution in [2.75, 3.05) is 19.7 Å². The van der Waals surface area contributed by atoms with Crippen molar-refractivity contribution in [3.05, 3.63) is 0 Å². The Morgan fingerprint density at radius 3 is 2.87 bits per heavy atom. The summed E-state index contributed by atoms with van der Waals surface area (Å²) in [4.78, 5) is 11.4. The minimum atomic E-state index is -0.00704. The highest BCUT2D eigenvalue weighted by Gasteiger charge is 2.15. The van der Waals surface area contributed by atoms with Gasteiger partial charge in [0, 0.05) is 12.6 Å². The molecule has 0 spiro atoms. The molecule has 1 saturated heterocycles. The Morgan fingerprint density at radius 2 is 2.33 bits per heavy atom. The van der Waals surface area contributed by atoms with Crippen LogP contribution in [0.5, 0.6) is 0 Å². The summed E-state index contributed by atoms with van der Waals surface area (Å²) in [5.74, 6) is -0.00704. The Bertz CT molecular complexity index is 182. The van der Waals surface area contributed by atoms with Gasteiger partial charge in [0.15, 0.2) is 0 Å². The molecule has 1 amide bonds. The lowest BCUT2D eigenvalue weighted by molar-refractivity contribution is -0.127. The summed E-state index contributed by atoms with van der Waals surface area (Å²) in [5, 5.41) is 6.20. The van der Waals surface area contributed by atoms with Crippen molar-refractivity contribution in [1.82, 2.24) is 10.6 Å². The number of carbonyl (C=O) groups excluding carboxylic acids is 1. The Hall–Kier alpha value is -0.320. The molecule has 90 valence electrons. The lowest BCUT2D eigenvalue weighted by Crippen LogP contribution is -2.46. The van der Waals surface area contributed by atoms with Crippen LogP contribution in [-0.4, -0.2) is 37.7 Å². The predicted molar refractivity (Wildman–Crippen MR) is 62.4 cm³/mol. The first-order chi connectivity index (χ1) is 6.68. The second-order valence-corrected chi connectivity index (χ2v) is 3.97. The predicted octanol–water partition coefficient (Wildman–Crippen LogP) is 0.701. The summed E-state index contributed by atoms with van der Waals surface area (Å²) in [7, 11) is 0. The lowest BCUT2D eigenvalue weighted by Gasteiger charge is -2.23. The van der Waals surface area contributed by atoms with Gasteiger partial charge >= 0.3 is 0 Å². The maximum absolute atomic E-state index is 11.4. The van der Waals surface area contributed by atoms with Gasteiger partial charge in [-0.05, 0) is 33.2 Å². The molecule has 0 aliphatic carbocycles. The van der Waals surface area contributed by atoms with Crippen LogP contribution in [0.1, 0.15) is 26.7 Å². The molecule has 1 aliphatic heterocycles. The van der Waals surface area contributed by atoms with Crippen LogP contribution in [0.2, 0.25) is 0 Å². The Labute approximate surface area is 97.5 Å². The zero-order valence-corrected chi connectivity index (χ0v) is 10.2. The van der Waals surface area contributed by atoms with E-state index < -0.39 is 0 Å². The van der Waals surface area contributed by atoms with E-state index in [-0.39, 0.29) is 37.1 Å². The number of amides is 1. The molecule has 0 bridgehead atoms. The largest absolute Gasteiger partial charge is 0.369 e. The highest BCUT2D eigenvalue weighted by atomic mass is 35.5. The maximum atomic E-state index is 11.4. The van der Waals surface area contributed by atoms with Crippen molar-refractivity contribution in [1.29, 1.82) is 0 Å². The molecule has 0 radical (unpaired) electrons. The summed E-state index contributed by atoms with van der Waals surface area (Å²) in [6.45, 7) is 5.97. The molecule has 15 heavy (non-hydrogen) atoms. The molecule has 1 heterocycles. The van der Waals surface area contributed by atoms with Crippen LogP contribution in [0, 0.1) is 0 Å². The molecule has 0 aromatic heterocycles. The van der Waals surface area contributed by atoms with Gasteiger partial charge in [-0.3, -0.25) is 4.79 Å². The Kier molecular flexibility index (Phi) is 7.74. The zero-order valence-electron chi connectivity index (χ0n) is 9.41. The molecule has 1 atom stereocenters. The van der Waals surface area contributed by atoms with Gasteiger partial charge in [0.25, 0.3) is 0 Å². The van der Waals surface area contributed by atoms with Crippen molar-refractivity contribution < 1.29 is 9.53 Å². The van der Waals surface area contributed by atoms with Gasteiger partial charge in [0.2, 0.25) is 5.91 Å². The van der Waals surface area contributed by atoms with Crippen LogP contribution in [-0.2, 0) is 9.53 Å². The van der Waals surface area contributed by atoms with Crippen LogP contribution >= 0.6 is 12.4 Å². The molecule has 4 nitrogen and oxygen atoms in total. The number of ether oxygens (including phenoxy) is 1. The summed E-state index contributed by atoms with van der Waals surface area (Å²) < 4.78 is 5.21. The fourth-order valence-corrected chi connectivity index (χ4v) is 1.49. The molecule has 1 fully saturated rings. The van der Waals surface area contributed by atoms with E-state index in [1.807, 2.05) is 13.8 Å². The van der Waals surface area contributed by atoms with E-state index >= 15 is 0 Å². The van der Waals surface area contributed by atoms with E-state index in [0.717, 1.165) is 25.9 Å². The standard InChI is InChI=1S/C10H20N2O2.ClH/c1-8(2)14-7-10(13)12-9-4-3-5-11-6-9;/h8-9,11H,3-7H2,1-2H3,(H,12,13);1H/t9-;/m1./s1. The highest BCUT2D eigenvalue weighted by Crippen LogP contribution is 2.00. The monoisotopic (exact) mass is 236 g/mol. The topological polar surface area (TPSA) is 50.4 Å². The molecule has 1 rings (SSSR count). The first kappa shape index (κ1) is 14.7. The van der Waals surface area contributed by atoms with Crippen LogP contribution < -0.4 is 10.6 Å². The zero-order chi connectivity index (χ0) is 10.4. The van der Waals surface area contributed by atoms with Gasteiger partial charge in [0.1, 0.15) is 6.61 Å². The van der Waals surface area contributed by atoms with Gasteiger partial charge < -0.3 is 15.4 Å². The van der Waals surface area contributed by atoms with E-state index in [1.165, 1.54) is 0 Å². The minimum Gasteiger partial charge on any atom is -0.369 e. The fraction of sp³-hybridized carbons (Fsp3) is 0.900. The van der Waals surface area contributed by atoms with Gasteiger partial charge in [-0.15, -0.1) is 12.4 Å². The van der Waals surface area contributed by atoms with Crippen LogP contribution in [0.3, 0.4) is 0 Å². The van der Waals surface area contributed by atoms with Crippen molar-refractivity contribution in [2.45, 2.75) is 38.8 Å². The number of piperidine rings is 1. The first-order valence-electron chi connectivity index (χ1n) is 5.30. The number of rotatable bonds is 4. The molecule has 1 aliphatic rings. The average molecular weight is 237 g/mol. The van der Waals surface area contributed by atoms with Gasteiger partial charge in [0.05, 0.1) is 6.10 Å². The number of nitrogens with one attached hydrogen (secondary N) is 2. The quantitative estimate of drug-likeness (QED) is 0.756. The summed E-state index contributed by atoms with van der Waals surface area (Å²) in [6, 6.07) is 0.284. The van der Waals surface area contributed by atoms with Crippen molar-refractivity contribution in [3.63, 3.8) is 0 Å². The molecule has 0 aromatic rings. The van der Waals surface area contributed by atoms with Crippen LogP contribution in [0.4, 0.5) is 0 Å². The second kappa shape index (κ2) is 7.91. The third-order valence-electron chi connectivity index (χ3n) is 2.21. The third kappa shape index (κ3) is 6.71. The normalized spacial score (nSPS) is 20.9. The van der Waals surface area contributed by atoms with Crippen molar-refractivity contribution in [3.8, 4) is 0 Å². The molecule has 2 N–H and O–H groups in total. The van der Waals surface area contributed by atoms with Gasteiger partial charge in [-0.25, -0.2) is 0 Å². The number of halogens is 1. The van der Waals surface area contributed by atoms with E-state index in [2.05, 4.69) is 10.6 Å². The van der Waals surface area contributed by atoms with E-state index in [1.54, 1.807) is 0 Å². The number of hydrogen-bond donors (Lipinski definition) is 2. The Balaban J connectivity index is 0.00000196. The smallest absolute Gasteiger partial charge is 0.246 e. The summed E-state index contributed by atoms with van der Waals surface area (Å²) in [5.41, 5.74) is 0. The molecule has 0 saturated carbocycles. The minimum absolute atomic E-state index is 0. The Morgan fingerprint density at radius 1 is 1.60 bits per heavy atom. The molecule has 0 unspecified atom stereocenters. The van der Waals surface area contributed by atoms with Gasteiger partial charge in [-0.2, -0.15) is 0 Å². The molecular weight excluding hydrogens is 216 g/mol. The van der Waals surface area contributed by atoms with E-state index in [0.29, 0.717) is 0 Å².